The molecule has 5 heteroatoms. The topological polar surface area (TPSA) is 19.6 Å². The Balaban J connectivity index is 1.61. The van der Waals surface area contributed by atoms with Crippen LogP contribution in [0.2, 0.25) is 0 Å². The van der Waals surface area contributed by atoms with Gasteiger partial charge >= 0.3 is 0 Å². The number of nitrogens with zero attached hydrogens (tertiary/aromatic N) is 2. The summed E-state index contributed by atoms with van der Waals surface area (Å²) >= 11 is 0.869. The number of furan rings is 1. The molecule has 0 amide bonds. The summed E-state index contributed by atoms with van der Waals surface area (Å²) in [5.74, 6) is 0. The molecule has 0 spiro atoms. The Hall–Kier alpha value is -4.74. The van der Waals surface area contributed by atoms with Crippen molar-refractivity contribution in [2.24, 2.45) is 0 Å². The molecule has 52 heavy (non-hydrogen) atoms. The summed E-state index contributed by atoms with van der Waals surface area (Å²) < 4.78 is 168. The molecule has 9 rings (SSSR count). The first kappa shape index (κ1) is 19.4. The molecule has 0 fully saturated rings. The molecule has 0 atom stereocenters. The molecule has 4 heterocycles. The molecule has 2 aliphatic heterocycles. The number of hydrogen-bond acceptors (Lipinski definition) is 4. The van der Waals surface area contributed by atoms with Crippen molar-refractivity contribution in [2.45, 2.75) is 85.5 Å². The van der Waals surface area contributed by atoms with E-state index < -0.39 is 89.4 Å². The second-order valence-electron chi connectivity index (χ2n) is 16.6. The highest BCUT2D eigenvalue weighted by atomic mass is 32.1. The van der Waals surface area contributed by atoms with Crippen LogP contribution in [0.25, 0.3) is 21.1 Å². The summed E-state index contributed by atoms with van der Waals surface area (Å²) in [7, 11) is 0. The average Bonchev–Trinajstić information content (AvgIpc) is 3.84. The van der Waals surface area contributed by atoms with Gasteiger partial charge in [0, 0.05) is 32.8 Å². The summed E-state index contributed by atoms with van der Waals surface area (Å²) in [6, 6.07) is -7.36. The van der Waals surface area contributed by atoms with Gasteiger partial charge in [-0.25, -0.2) is 0 Å². The highest BCUT2D eigenvalue weighted by Crippen LogP contribution is 2.50. The van der Waals surface area contributed by atoms with Crippen LogP contribution in [0.4, 0.5) is 33.4 Å². The Morgan fingerprint density at radius 1 is 0.596 bits per heavy atom. The fourth-order valence-corrected chi connectivity index (χ4v) is 8.04. The van der Waals surface area contributed by atoms with Gasteiger partial charge in [-0.15, -0.1) is 11.3 Å². The Morgan fingerprint density at radius 3 is 1.73 bits per heavy atom. The Bertz CT molecular complexity index is 3470. The van der Waals surface area contributed by atoms with Gasteiger partial charge in [-0.1, -0.05) is 111 Å². The van der Waals surface area contributed by atoms with E-state index >= 15 is 0 Å². The Kier molecular flexibility index (Phi) is 4.15. The van der Waals surface area contributed by atoms with E-state index in [4.69, 9.17) is 7.16 Å². The van der Waals surface area contributed by atoms with E-state index in [-0.39, 0.29) is 130 Å². The molecule has 0 bridgehead atoms. The third-order valence-electron chi connectivity index (χ3n) is 9.57. The van der Waals surface area contributed by atoms with Crippen LogP contribution in [0.5, 0.6) is 0 Å². The van der Waals surface area contributed by atoms with Crippen molar-refractivity contribution in [3.05, 3.63) is 125 Å². The molecule has 0 aliphatic carbocycles. The predicted octanol–water partition coefficient (Wildman–Crippen LogP) is 11.9. The minimum Gasteiger partial charge on any atom is -0.468 e. The smallest absolute Gasteiger partial charge is 0.298 e. The molecule has 0 radical (unpaired) electrons. The number of rotatable bonds is 2. The van der Waals surface area contributed by atoms with E-state index in [9.17, 15) is 20.6 Å². The molecule has 0 saturated heterocycles. The zero-order chi connectivity index (χ0) is 51.3. The third-order valence-corrected chi connectivity index (χ3v) is 10.7. The first-order chi connectivity index (χ1) is 31.7. The molecule has 2 aromatic heterocycles. The van der Waals surface area contributed by atoms with Crippen LogP contribution < -0.4 is 26.4 Å². The SMILES string of the molecule is [2H]c1c([2H])c(C(C)(C)C)c([2H])c([2H])c1N1c2sc3c([2H])c([2H])c([2H])c([2H])c3c2B2c3oc4c([2H])c([2H])c(C(C)(C)C)c([2H])c4c3N(c3c([2H])c([2H])c(C(C)(C)C)c([2H])c3[2H])c3c([2H])c(C)c([2H])c1c32. The molecule has 2 aliphatic rings. The molecule has 7 aromatic rings. The summed E-state index contributed by atoms with van der Waals surface area (Å²) in [5.41, 5.74) is -3.64. The van der Waals surface area contributed by atoms with Crippen molar-refractivity contribution in [3.63, 3.8) is 0 Å². The third kappa shape index (κ3) is 4.99. The second kappa shape index (κ2) is 11.1. The number of thiophene rings is 1. The molecule has 260 valence electrons. The summed E-state index contributed by atoms with van der Waals surface area (Å²) in [6.45, 7) is 15.9. The van der Waals surface area contributed by atoms with Gasteiger partial charge in [0.2, 0.25) is 0 Å². The molecule has 3 nitrogen and oxygen atoms in total. The minimum atomic E-state index is -1.39. The predicted molar refractivity (Wildman–Crippen MR) is 226 cm³/mol. The fourth-order valence-electron chi connectivity index (χ4n) is 6.87. The van der Waals surface area contributed by atoms with Crippen LogP contribution in [-0.2, 0) is 16.2 Å². The lowest BCUT2D eigenvalue weighted by Crippen LogP contribution is -2.60. The lowest BCUT2D eigenvalue weighted by atomic mass is 9.35. The maximum absolute atomic E-state index is 10.0. The molecule has 0 saturated carbocycles. The highest BCUT2D eigenvalue weighted by molar-refractivity contribution is 7.26. The van der Waals surface area contributed by atoms with Gasteiger partial charge in [-0.2, -0.15) is 0 Å². The van der Waals surface area contributed by atoms with Gasteiger partial charge < -0.3 is 14.2 Å². The lowest BCUT2D eigenvalue weighted by Gasteiger charge is -2.41. The van der Waals surface area contributed by atoms with Crippen molar-refractivity contribution in [1.82, 2.24) is 0 Å². The Morgan fingerprint density at radius 2 is 1.13 bits per heavy atom. The van der Waals surface area contributed by atoms with E-state index in [0.29, 0.717) is 0 Å². The standard InChI is InChI=1S/C47H47BN2OS/c1-28-25-36-41-37(26-28)50(33-22-17-30(18-23-33)46(5,6)7)44-40(34-13-11-12-14-39(34)52-44)48(41)43-42(35-27-31(47(8,9)10)19-24-38(35)51-43)49(36)32-20-15-29(16-21-32)45(2,3)4/h11-27H,1-10H3/i11D,12D,13D,14D,15D,16D,17D,18D,19D,20D,21D,22D,23D,24D,25D,26D,27D. The average molecular weight is 716 g/mol. The van der Waals surface area contributed by atoms with Crippen LogP contribution in [0.15, 0.2) is 107 Å². The van der Waals surface area contributed by atoms with Gasteiger partial charge in [-0.3, -0.25) is 0 Å². The number of fused-ring (bicyclic) bond motifs is 8. The van der Waals surface area contributed by atoms with Gasteiger partial charge in [0.1, 0.15) is 5.58 Å². The zero-order valence-electron chi connectivity index (χ0n) is 47.8. The van der Waals surface area contributed by atoms with Crippen LogP contribution in [0.3, 0.4) is 0 Å². The van der Waals surface area contributed by atoms with Crippen LogP contribution in [0, 0.1) is 6.92 Å². The minimum absolute atomic E-state index is 0.00166. The van der Waals surface area contributed by atoms with Crippen LogP contribution in [-0.4, -0.2) is 6.71 Å². The van der Waals surface area contributed by atoms with E-state index in [0.717, 1.165) is 11.3 Å². The summed E-state index contributed by atoms with van der Waals surface area (Å²) in [6.07, 6.45) is 0. The number of hydrogen-bond donors (Lipinski definition) is 0. The molecule has 0 unspecified atom stereocenters. The summed E-state index contributed by atoms with van der Waals surface area (Å²) in [4.78, 5) is 2.62. The van der Waals surface area contributed by atoms with Gasteiger partial charge in [0.15, 0.2) is 0 Å². The highest BCUT2D eigenvalue weighted by Gasteiger charge is 2.48. The van der Waals surface area contributed by atoms with E-state index in [1.54, 1.807) is 62.3 Å². The number of anilines is 6. The van der Waals surface area contributed by atoms with Crippen molar-refractivity contribution in [3.8, 4) is 0 Å². The molecular weight excluding hydrogens is 651 g/mol. The normalized spacial score (nSPS) is 18.8. The maximum atomic E-state index is 10.0. The van der Waals surface area contributed by atoms with Gasteiger partial charge in [0.25, 0.3) is 6.71 Å². The number of benzene rings is 5. The van der Waals surface area contributed by atoms with Crippen LogP contribution in [0.1, 0.15) is 108 Å². The van der Waals surface area contributed by atoms with E-state index in [1.807, 2.05) is 0 Å². The van der Waals surface area contributed by atoms with Crippen LogP contribution >= 0.6 is 11.3 Å². The largest absolute Gasteiger partial charge is 0.468 e. The lowest BCUT2D eigenvalue weighted by molar-refractivity contribution is 0.590. The maximum Gasteiger partial charge on any atom is 0.298 e. The molecule has 5 aromatic carbocycles. The second-order valence-corrected chi connectivity index (χ2v) is 17.6. The Labute approximate surface area is 336 Å². The van der Waals surface area contributed by atoms with Crippen molar-refractivity contribution in [1.29, 1.82) is 0 Å². The van der Waals surface area contributed by atoms with Crippen molar-refractivity contribution in [2.75, 3.05) is 9.80 Å². The van der Waals surface area contributed by atoms with Crippen molar-refractivity contribution >= 4 is 89.1 Å². The zero-order valence-corrected chi connectivity index (χ0v) is 31.6. The quantitative estimate of drug-likeness (QED) is 0.166. The van der Waals surface area contributed by atoms with Gasteiger partial charge in [0.05, 0.1) is 39.7 Å². The van der Waals surface area contributed by atoms with Gasteiger partial charge in [-0.05, 0) is 116 Å². The summed E-state index contributed by atoms with van der Waals surface area (Å²) in [5, 5.41) is -0.0161. The first-order valence-corrected chi connectivity index (χ1v) is 18.1. The molecular formula is C47H47BN2OS. The first-order valence-electron chi connectivity index (χ1n) is 25.8. The van der Waals surface area contributed by atoms with E-state index in [2.05, 4.69) is 0 Å². The monoisotopic (exact) mass is 715 g/mol. The van der Waals surface area contributed by atoms with E-state index in [1.165, 1.54) is 16.7 Å². The van der Waals surface area contributed by atoms with Crippen molar-refractivity contribution < 1.29 is 27.7 Å². The molecule has 0 N–H and O–H groups in total. The fraction of sp³-hybridized carbons (Fsp3) is 0.277.